The van der Waals surface area contributed by atoms with Gasteiger partial charge in [-0.15, -0.1) is 0 Å². The molecule has 37 heavy (non-hydrogen) atoms. The average Bonchev–Trinajstić information content (AvgIpc) is 3.21. The molecule has 2 heterocycles. The van der Waals surface area contributed by atoms with Gasteiger partial charge in [0, 0.05) is 24.6 Å². The van der Waals surface area contributed by atoms with Gasteiger partial charge in [-0.25, -0.2) is 14.2 Å². The number of furan rings is 1. The molecule has 0 radical (unpaired) electrons. The fourth-order valence-corrected chi connectivity index (χ4v) is 4.22. The second-order valence-electron chi connectivity index (χ2n) is 7.97. The number of fused-ring (bicyclic) bond motifs is 1. The predicted molar refractivity (Wildman–Crippen MR) is 130 cm³/mol. The van der Waals surface area contributed by atoms with E-state index in [0.29, 0.717) is 5.56 Å². The zero-order valence-corrected chi connectivity index (χ0v) is 20.4. The number of alkyl halides is 3. The Balaban J connectivity index is 2.03. The average molecular weight is 555 g/mol. The van der Waals surface area contributed by atoms with Crippen LogP contribution in [0.4, 0.5) is 17.6 Å². The smallest absolute Gasteiger partial charge is 0.389 e. The van der Waals surface area contributed by atoms with Gasteiger partial charge < -0.3 is 14.8 Å². The van der Waals surface area contributed by atoms with Crippen LogP contribution in [0.1, 0.15) is 32.8 Å². The lowest BCUT2D eigenvalue weighted by molar-refractivity contribution is -0.134. The maximum absolute atomic E-state index is 13.5. The van der Waals surface area contributed by atoms with Crippen molar-refractivity contribution >= 4 is 46.2 Å². The summed E-state index contributed by atoms with van der Waals surface area (Å²) in [5, 5.41) is 11.8. The van der Waals surface area contributed by atoms with Gasteiger partial charge in [-0.3, -0.25) is 4.79 Å². The second kappa shape index (κ2) is 10.0. The third-order valence-corrected chi connectivity index (χ3v) is 6.34. The van der Waals surface area contributed by atoms with Crippen LogP contribution in [-0.2, 0) is 6.42 Å². The highest BCUT2D eigenvalue weighted by atomic mass is 35.5. The number of hydrogen-bond acceptors (Lipinski definition) is 4. The van der Waals surface area contributed by atoms with Crippen molar-refractivity contribution in [2.45, 2.75) is 19.0 Å². The molecule has 0 unspecified atom stereocenters. The van der Waals surface area contributed by atoms with Crippen LogP contribution in [0.5, 0.6) is 0 Å². The zero-order chi connectivity index (χ0) is 27.1. The van der Waals surface area contributed by atoms with Crippen molar-refractivity contribution in [3.8, 4) is 22.5 Å². The maximum Gasteiger partial charge on any atom is 0.389 e. The van der Waals surface area contributed by atoms with E-state index in [9.17, 15) is 32.3 Å². The molecule has 0 fully saturated rings. The van der Waals surface area contributed by atoms with E-state index >= 15 is 0 Å². The van der Waals surface area contributed by atoms with E-state index in [0.717, 1.165) is 18.2 Å². The van der Waals surface area contributed by atoms with Gasteiger partial charge >= 0.3 is 12.1 Å². The van der Waals surface area contributed by atoms with Gasteiger partial charge in [0.05, 0.1) is 32.3 Å². The molecular formula is C25H16Cl2F4N2O4. The van der Waals surface area contributed by atoms with Gasteiger partial charge in [0.2, 0.25) is 5.71 Å². The molecule has 1 amide bonds. The number of benzene rings is 2. The Labute approximate surface area is 216 Å². The number of halogens is 6. The zero-order valence-electron chi connectivity index (χ0n) is 18.8. The van der Waals surface area contributed by atoms with Crippen LogP contribution in [0.25, 0.3) is 33.6 Å². The Morgan fingerprint density at radius 3 is 2.35 bits per heavy atom. The Bertz CT molecular complexity index is 1530. The van der Waals surface area contributed by atoms with Gasteiger partial charge in [-0.05, 0) is 54.4 Å². The summed E-state index contributed by atoms with van der Waals surface area (Å²) < 4.78 is 58.6. The molecule has 2 N–H and O–H groups in total. The number of rotatable bonds is 6. The Kier molecular flexibility index (Phi) is 7.16. The molecule has 12 heteroatoms. The van der Waals surface area contributed by atoms with Crippen LogP contribution in [-0.4, -0.2) is 35.2 Å². The van der Waals surface area contributed by atoms with Crippen molar-refractivity contribution in [2.24, 2.45) is 0 Å². The minimum absolute atomic E-state index is 0.0127. The molecule has 2 aromatic heterocycles. The van der Waals surface area contributed by atoms with Crippen LogP contribution >= 0.6 is 23.2 Å². The van der Waals surface area contributed by atoms with Crippen LogP contribution in [0.2, 0.25) is 10.0 Å². The van der Waals surface area contributed by atoms with E-state index in [-0.39, 0.29) is 54.9 Å². The summed E-state index contributed by atoms with van der Waals surface area (Å²) in [6, 6.07) is 8.93. The Hall–Kier alpha value is -3.63. The summed E-state index contributed by atoms with van der Waals surface area (Å²) in [7, 11) is 1.37. The summed E-state index contributed by atoms with van der Waals surface area (Å²) in [5.41, 5.74) is 0.0227. The largest absolute Gasteiger partial charge is 0.478 e. The monoisotopic (exact) mass is 554 g/mol. The molecule has 4 aromatic rings. The third-order valence-electron chi connectivity index (χ3n) is 5.54. The van der Waals surface area contributed by atoms with Crippen molar-refractivity contribution in [1.29, 1.82) is 0 Å². The first-order valence-corrected chi connectivity index (χ1v) is 11.4. The molecule has 2 aromatic carbocycles. The molecule has 0 bridgehead atoms. The van der Waals surface area contributed by atoms with Crippen molar-refractivity contribution in [3.63, 3.8) is 0 Å². The number of hydrogen-bond donors (Lipinski definition) is 2. The number of amides is 1. The Morgan fingerprint density at radius 2 is 1.76 bits per heavy atom. The number of carbonyl (C=O) groups is 2. The van der Waals surface area contributed by atoms with Crippen LogP contribution in [0, 0.1) is 5.82 Å². The van der Waals surface area contributed by atoms with E-state index < -0.39 is 36.7 Å². The summed E-state index contributed by atoms with van der Waals surface area (Å²) in [5.74, 6) is -2.48. The first kappa shape index (κ1) is 26.4. The van der Waals surface area contributed by atoms with E-state index in [1.807, 2.05) is 0 Å². The number of aromatic nitrogens is 1. The lowest BCUT2D eigenvalue weighted by Crippen LogP contribution is -2.18. The van der Waals surface area contributed by atoms with E-state index in [2.05, 4.69) is 10.3 Å². The number of carboxylic acids is 1. The van der Waals surface area contributed by atoms with Crippen molar-refractivity contribution in [1.82, 2.24) is 10.3 Å². The standard InChI is InChI=1S/C25H16Cl2F4N2O4/c1-32-22(34)19-15-10-14(12-8-16(24(35)36)20(27)17(26)9-12)18(6-7-25(29,30)31)33-23(15)37-21(19)11-2-4-13(28)5-3-11/h2-5,8-10H,6-7H2,1H3,(H,32,34)(H,35,36). The molecule has 6 nitrogen and oxygen atoms in total. The molecule has 0 saturated carbocycles. The molecular weight excluding hydrogens is 539 g/mol. The first-order chi connectivity index (χ1) is 17.4. The molecule has 0 atom stereocenters. The third kappa shape index (κ3) is 5.40. The van der Waals surface area contributed by atoms with Crippen LogP contribution < -0.4 is 5.32 Å². The summed E-state index contributed by atoms with van der Waals surface area (Å²) >= 11 is 12.1. The van der Waals surface area contributed by atoms with Crippen molar-refractivity contribution < 1.29 is 36.7 Å². The molecule has 0 aliphatic rings. The normalized spacial score (nSPS) is 11.6. The number of nitrogens with one attached hydrogen (secondary N) is 1. The fourth-order valence-electron chi connectivity index (χ4n) is 3.82. The van der Waals surface area contributed by atoms with Gasteiger partial charge in [0.25, 0.3) is 5.91 Å². The van der Waals surface area contributed by atoms with Gasteiger partial charge in [0.1, 0.15) is 11.6 Å². The van der Waals surface area contributed by atoms with Crippen LogP contribution in [0.3, 0.4) is 0 Å². The van der Waals surface area contributed by atoms with E-state index in [1.54, 1.807) is 0 Å². The van der Waals surface area contributed by atoms with E-state index in [4.69, 9.17) is 27.6 Å². The SMILES string of the molecule is CNC(=O)c1c(-c2ccc(F)cc2)oc2nc(CCC(F)(F)F)c(-c3cc(Cl)c(Cl)c(C(=O)O)c3)cc12. The van der Waals surface area contributed by atoms with Gasteiger partial charge in [-0.1, -0.05) is 23.2 Å². The van der Waals surface area contributed by atoms with Gasteiger partial charge in [-0.2, -0.15) is 13.2 Å². The van der Waals surface area contributed by atoms with Crippen LogP contribution in [0.15, 0.2) is 46.9 Å². The maximum atomic E-state index is 13.5. The molecule has 4 rings (SSSR count). The molecule has 0 saturated heterocycles. The molecule has 192 valence electrons. The lowest BCUT2D eigenvalue weighted by Gasteiger charge is -2.13. The number of carboxylic acid groups (broad SMARTS) is 1. The minimum Gasteiger partial charge on any atom is -0.478 e. The highest BCUT2D eigenvalue weighted by molar-refractivity contribution is 6.44. The lowest BCUT2D eigenvalue weighted by atomic mass is 9.96. The summed E-state index contributed by atoms with van der Waals surface area (Å²) in [6.07, 6.45) is -6.30. The minimum atomic E-state index is -4.51. The number of aryl methyl sites for hydroxylation is 1. The highest BCUT2D eigenvalue weighted by Gasteiger charge is 2.29. The summed E-state index contributed by atoms with van der Waals surface area (Å²) in [4.78, 5) is 28.8. The van der Waals surface area contributed by atoms with E-state index in [1.165, 1.54) is 31.3 Å². The highest BCUT2D eigenvalue weighted by Crippen LogP contribution is 2.39. The topological polar surface area (TPSA) is 92.4 Å². The van der Waals surface area contributed by atoms with Gasteiger partial charge in [0.15, 0.2) is 0 Å². The summed E-state index contributed by atoms with van der Waals surface area (Å²) in [6.45, 7) is 0. The fraction of sp³-hybridized carbons (Fsp3) is 0.160. The van der Waals surface area contributed by atoms with Crippen molar-refractivity contribution in [3.05, 3.63) is 75.1 Å². The quantitative estimate of drug-likeness (QED) is 0.247. The number of pyridine rings is 1. The van der Waals surface area contributed by atoms with Crippen molar-refractivity contribution in [2.75, 3.05) is 7.05 Å². The number of carbonyl (C=O) groups excluding carboxylic acids is 1. The predicted octanol–water partition coefficient (Wildman–Crippen LogP) is 7.16. The Morgan fingerprint density at radius 1 is 1.08 bits per heavy atom. The number of nitrogens with zero attached hydrogens (tertiary/aromatic N) is 1. The number of aromatic carboxylic acids is 1. The second-order valence-corrected chi connectivity index (χ2v) is 8.75. The molecule has 0 aliphatic carbocycles. The molecule has 0 spiro atoms. The molecule has 0 aliphatic heterocycles. The first-order valence-electron chi connectivity index (χ1n) is 10.6.